The molecule has 1 aliphatic heterocycles. The second-order valence-corrected chi connectivity index (χ2v) is 8.47. The Kier molecular flexibility index (Phi) is 3.76. The maximum Gasteiger partial charge on any atom is 0.270 e. The van der Waals surface area contributed by atoms with E-state index in [1.807, 2.05) is 4.90 Å². The van der Waals surface area contributed by atoms with E-state index in [0.717, 1.165) is 11.3 Å². The van der Waals surface area contributed by atoms with Crippen LogP contribution in [0.5, 0.6) is 0 Å². The lowest BCUT2D eigenvalue weighted by Crippen LogP contribution is -2.40. The highest BCUT2D eigenvalue weighted by Gasteiger charge is 2.24. The quantitative estimate of drug-likeness (QED) is 0.607. The molecule has 0 N–H and O–H groups in total. The maximum atomic E-state index is 11.4. The highest BCUT2D eigenvalue weighted by molar-refractivity contribution is 8.15. The van der Waals surface area contributed by atoms with Crippen molar-refractivity contribution in [3.63, 3.8) is 0 Å². The summed E-state index contributed by atoms with van der Waals surface area (Å²) in [6, 6.07) is 1.45. The monoisotopic (exact) mass is 353 g/mol. The molecule has 0 radical (unpaired) electrons. The van der Waals surface area contributed by atoms with Gasteiger partial charge in [-0.2, -0.15) is 0 Å². The molecule has 3 rings (SSSR count). The van der Waals surface area contributed by atoms with Crippen molar-refractivity contribution in [2.24, 2.45) is 0 Å². The summed E-state index contributed by atoms with van der Waals surface area (Å²) in [7, 11) is 1.60. The normalized spacial score (nSPS) is 20.5. The number of nitrogens with zero attached hydrogens (tertiary/aromatic N) is 3. The molecule has 10 heteroatoms. The van der Waals surface area contributed by atoms with Gasteiger partial charge in [-0.05, 0) is 6.07 Å². The number of alkyl halides is 1. The van der Waals surface area contributed by atoms with Crippen molar-refractivity contribution in [1.82, 2.24) is 9.97 Å². The molecule has 0 aromatic carbocycles. The summed E-state index contributed by atoms with van der Waals surface area (Å²) in [6.07, 6.45) is 1.40. The Balaban J connectivity index is 2.09. The molecule has 0 spiro atoms. The molecule has 0 amide bonds. The predicted octanol–water partition coefficient (Wildman–Crippen LogP) is 2.02. The van der Waals surface area contributed by atoms with E-state index < -0.39 is 14.6 Å². The largest absolute Gasteiger partial charge is 0.359 e. The summed E-state index contributed by atoms with van der Waals surface area (Å²) in [5.41, 5.74) is 0.141. The van der Waals surface area contributed by atoms with Gasteiger partial charge in [0.15, 0.2) is 0 Å². The highest BCUT2D eigenvalue weighted by atomic mass is 35.7. The van der Waals surface area contributed by atoms with Crippen LogP contribution in [0.1, 0.15) is 0 Å². The zero-order chi connectivity index (χ0) is 14.3. The Labute approximate surface area is 128 Å². The number of ether oxygens (including phenoxy) is 1. The third kappa shape index (κ3) is 2.71. The molecular weight excluding hydrogens is 345 g/mol. The van der Waals surface area contributed by atoms with E-state index in [1.165, 1.54) is 12.4 Å². The molecule has 1 aliphatic rings. The summed E-state index contributed by atoms with van der Waals surface area (Å²) >= 11 is 7.02. The van der Waals surface area contributed by atoms with Crippen LogP contribution < -0.4 is 4.90 Å². The van der Waals surface area contributed by atoms with E-state index in [1.54, 1.807) is 0 Å². The molecule has 1 atom stereocenters. The fourth-order valence-corrected chi connectivity index (χ4v) is 4.40. The van der Waals surface area contributed by atoms with Gasteiger partial charge in [0.2, 0.25) is 0 Å². The van der Waals surface area contributed by atoms with Crippen molar-refractivity contribution in [2.75, 3.05) is 24.6 Å². The first-order chi connectivity index (χ1) is 9.45. The van der Waals surface area contributed by atoms with Crippen LogP contribution in [0.4, 0.5) is 5.82 Å². The van der Waals surface area contributed by atoms with Gasteiger partial charge in [-0.1, -0.05) is 11.6 Å². The molecule has 6 nitrogen and oxygen atoms in total. The Morgan fingerprint density at radius 1 is 1.45 bits per heavy atom. The average molecular weight is 354 g/mol. The Morgan fingerprint density at radius 2 is 2.25 bits per heavy atom. The van der Waals surface area contributed by atoms with Gasteiger partial charge in [-0.15, -0.1) is 11.3 Å². The van der Waals surface area contributed by atoms with Crippen LogP contribution in [0, 0.1) is 0 Å². The minimum absolute atomic E-state index is 0.0617. The molecule has 20 heavy (non-hydrogen) atoms. The first-order valence-corrected chi connectivity index (χ1v) is 9.21. The van der Waals surface area contributed by atoms with E-state index in [-0.39, 0.29) is 4.21 Å². The molecule has 0 aliphatic carbocycles. The van der Waals surface area contributed by atoms with Crippen molar-refractivity contribution in [1.29, 1.82) is 0 Å². The van der Waals surface area contributed by atoms with E-state index in [4.69, 9.17) is 27.0 Å². The minimum Gasteiger partial charge on any atom is -0.359 e. The first-order valence-electron chi connectivity index (χ1n) is 5.65. The summed E-state index contributed by atoms with van der Waals surface area (Å²) < 4.78 is 28.8. The number of hydrogen-bond acceptors (Lipinski definition) is 7. The van der Waals surface area contributed by atoms with Crippen LogP contribution in [-0.4, -0.2) is 43.6 Å². The van der Waals surface area contributed by atoms with Crippen molar-refractivity contribution in [3.05, 3.63) is 12.4 Å². The smallest absolute Gasteiger partial charge is 0.270 e. The number of morpholine rings is 1. The molecule has 0 bridgehead atoms. The number of halogens is 2. The molecule has 2 aromatic rings. The number of fused-ring (bicyclic) bond motifs is 1. The van der Waals surface area contributed by atoms with Gasteiger partial charge < -0.3 is 9.64 Å². The molecular formula is C10H9Cl2N3O3S2. The predicted molar refractivity (Wildman–Crippen MR) is 78.3 cm³/mol. The van der Waals surface area contributed by atoms with Crippen molar-refractivity contribution in [3.8, 4) is 0 Å². The number of hydrogen-bond donors (Lipinski definition) is 0. The highest BCUT2D eigenvalue weighted by Crippen LogP contribution is 2.35. The van der Waals surface area contributed by atoms with Gasteiger partial charge in [0.05, 0.1) is 23.4 Å². The first kappa shape index (κ1) is 14.3. The van der Waals surface area contributed by atoms with Crippen molar-refractivity contribution in [2.45, 2.75) is 9.77 Å². The zero-order valence-electron chi connectivity index (χ0n) is 9.99. The fourth-order valence-electron chi connectivity index (χ4n) is 1.97. The van der Waals surface area contributed by atoms with Gasteiger partial charge in [-0.25, -0.2) is 18.4 Å². The summed E-state index contributed by atoms with van der Waals surface area (Å²) in [4.78, 5) is 10.3. The number of aromatic nitrogens is 2. The van der Waals surface area contributed by atoms with Crippen molar-refractivity contribution >= 4 is 58.7 Å². The summed E-state index contributed by atoms with van der Waals surface area (Å²) in [5, 5.41) is 0. The third-order valence-corrected chi connectivity index (χ3v) is 6.29. The topological polar surface area (TPSA) is 72.4 Å². The van der Waals surface area contributed by atoms with Gasteiger partial charge in [0.1, 0.15) is 21.9 Å². The SMILES string of the molecule is O=S(=O)(Cl)c1cc2ncnc(N3CCOC(Cl)C3)c2s1. The lowest BCUT2D eigenvalue weighted by Gasteiger charge is -2.30. The second-order valence-electron chi connectivity index (χ2n) is 4.14. The van der Waals surface area contributed by atoms with Crippen molar-refractivity contribution < 1.29 is 13.2 Å². The molecule has 3 heterocycles. The molecule has 1 saturated heterocycles. The van der Waals surface area contributed by atoms with E-state index in [9.17, 15) is 8.42 Å². The molecule has 108 valence electrons. The van der Waals surface area contributed by atoms with E-state index in [0.29, 0.717) is 35.7 Å². The van der Waals surface area contributed by atoms with Crippen LogP contribution in [0.2, 0.25) is 0 Å². The Hall–Kier alpha value is -0.670. The van der Waals surface area contributed by atoms with Crippen LogP contribution in [0.15, 0.2) is 16.6 Å². The Bertz CT molecular complexity index is 749. The van der Waals surface area contributed by atoms with Crippen LogP contribution in [0.3, 0.4) is 0 Å². The van der Waals surface area contributed by atoms with Gasteiger partial charge in [-0.3, -0.25) is 0 Å². The summed E-state index contributed by atoms with van der Waals surface area (Å²) in [6.45, 7) is 1.61. The lowest BCUT2D eigenvalue weighted by atomic mass is 10.3. The van der Waals surface area contributed by atoms with E-state index >= 15 is 0 Å². The van der Waals surface area contributed by atoms with Crippen LogP contribution in [-0.2, 0) is 13.8 Å². The molecule has 0 saturated carbocycles. The van der Waals surface area contributed by atoms with Gasteiger partial charge in [0.25, 0.3) is 9.05 Å². The van der Waals surface area contributed by atoms with Gasteiger partial charge in [0, 0.05) is 17.2 Å². The second kappa shape index (κ2) is 5.27. The fraction of sp³-hybridized carbons (Fsp3) is 0.400. The molecule has 1 fully saturated rings. The number of thiophene rings is 1. The Morgan fingerprint density at radius 3 is 2.95 bits per heavy atom. The standard InChI is InChI=1S/C10H9Cl2N3O3S2/c11-7-4-15(1-2-18-7)10-9-6(13-5-14-10)3-8(19-9)20(12,16)17/h3,5,7H,1-2,4H2. The summed E-state index contributed by atoms with van der Waals surface area (Å²) in [5.74, 6) is 0.653. The maximum absolute atomic E-state index is 11.4. The lowest BCUT2D eigenvalue weighted by molar-refractivity contribution is 0.0932. The van der Waals surface area contributed by atoms with E-state index in [2.05, 4.69) is 9.97 Å². The average Bonchev–Trinajstić information content (AvgIpc) is 2.82. The van der Waals surface area contributed by atoms with Gasteiger partial charge >= 0.3 is 0 Å². The number of anilines is 1. The molecule has 2 aromatic heterocycles. The van der Waals surface area contributed by atoms with Crippen LogP contribution in [0.25, 0.3) is 10.2 Å². The number of rotatable bonds is 2. The third-order valence-electron chi connectivity index (χ3n) is 2.83. The zero-order valence-corrected chi connectivity index (χ0v) is 13.1. The molecule has 1 unspecified atom stereocenters. The van der Waals surface area contributed by atoms with Crippen LogP contribution >= 0.6 is 33.6 Å². The minimum atomic E-state index is -3.77.